The summed E-state index contributed by atoms with van der Waals surface area (Å²) in [6.07, 6.45) is 0. The van der Waals surface area contributed by atoms with Crippen LogP contribution in [0.4, 0.5) is 0 Å². The second-order valence-corrected chi connectivity index (χ2v) is 5.52. The second kappa shape index (κ2) is 6.62. The normalized spacial score (nSPS) is 10.9. The molecule has 2 heterocycles. The van der Waals surface area contributed by atoms with Crippen molar-refractivity contribution in [2.24, 2.45) is 0 Å². The summed E-state index contributed by atoms with van der Waals surface area (Å²) in [6, 6.07) is 20.8. The molecule has 0 spiro atoms. The summed E-state index contributed by atoms with van der Waals surface area (Å²) in [4.78, 5) is 12.1. The molecule has 0 aliphatic rings. The molecule has 2 aromatic carbocycles. The molecule has 4 aromatic rings. The number of carbonyl (C=O) groups excluding carboxylic acids is 1. The van der Waals surface area contributed by atoms with Gasteiger partial charge in [0.05, 0.1) is 0 Å². The average Bonchev–Trinajstić information content (AvgIpc) is 3.29. The van der Waals surface area contributed by atoms with Gasteiger partial charge >= 0.3 is 0 Å². The summed E-state index contributed by atoms with van der Waals surface area (Å²) in [5.74, 6) is 0.566. The van der Waals surface area contributed by atoms with Crippen LogP contribution in [0.15, 0.2) is 75.7 Å². The topological polar surface area (TPSA) is 80.3 Å². The number of furan rings is 1. The van der Waals surface area contributed by atoms with E-state index in [1.807, 2.05) is 60.7 Å². The van der Waals surface area contributed by atoms with Crippen molar-refractivity contribution in [2.45, 2.75) is 6.54 Å². The van der Waals surface area contributed by atoms with Crippen molar-refractivity contribution in [1.29, 1.82) is 0 Å². The van der Waals surface area contributed by atoms with Gasteiger partial charge in [0.1, 0.15) is 5.58 Å². The second-order valence-electron chi connectivity index (χ2n) is 5.52. The first-order chi connectivity index (χ1) is 12.3. The van der Waals surface area contributed by atoms with E-state index in [1.54, 1.807) is 6.07 Å². The number of rotatable bonds is 5. The molecule has 0 aliphatic heterocycles. The number of carbonyl (C=O) groups is 1. The van der Waals surface area contributed by atoms with Gasteiger partial charge < -0.3 is 8.94 Å². The van der Waals surface area contributed by atoms with Gasteiger partial charge in [0.15, 0.2) is 11.5 Å². The number of amides is 1. The van der Waals surface area contributed by atoms with Gasteiger partial charge in [0.2, 0.25) is 5.76 Å². The van der Waals surface area contributed by atoms with Crippen molar-refractivity contribution in [3.05, 3.63) is 78.0 Å². The third kappa shape index (κ3) is 3.29. The summed E-state index contributed by atoms with van der Waals surface area (Å²) in [7, 11) is 0. The van der Waals surface area contributed by atoms with Crippen LogP contribution in [0.2, 0.25) is 0 Å². The fourth-order valence-electron chi connectivity index (χ4n) is 2.49. The van der Waals surface area contributed by atoms with Crippen molar-refractivity contribution >= 4 is 16.9 Å². The molecule has 0 fully saturated rings. The maximum atomic E-state index is 12.1. The van der Waals surface area contributed by atoms with Crippen LogP contribution in [0.3, 0.4) is 0 Å². The van der Waals surface area contributed by atoms with Crippen LogP contribution in [-0.2, 0) is 6.54 Å². The van der Waals surface area contributed by atoms with E-state index in [0.717, 1.165) is 16.5 Å². The molecule has 0 bridgehead atoms. The van der Waals surface area contributed by atoms with Crippen molar-refractivity contribution < 1.29 is 13.7 Å². The van der Waals surface area contributed by atoms with Gasteiger partial charge in [0.25, 0.3) is 5.91 Å². The van der Waals surface area contributed by atoms with Gasteiger partial charge in [-0.2, -0.15) is 0 Å². The van der Waals surface area contributed by atoms with E-state index >= 15 is 0 Å². The smallest absolute Gasteiger partial charge is 0.287 e. The standard InChI is InChI=1S/C19H15N3O3/c23-19(21-20-12-13-6-2-1-3-7-13)15-11-18(25-22-15)17-10-14-8-4-5-9-16(14)24-17/h1-11,20H,12H2,(H,21,23). The lowest BCUT2D eigenvalue weighted by molar-refractivity contribution is 0.0923. The van der Waals surface area contributed by atoms with Crippen LogP contribution in [0.1, 0.15) is 16.1 Å². The van der Waals surface area contributed by atoms with Gasteiger partial charge in [-0.1, -0.05) is 53.7 Å². The summed E-state index contributed by atoms with van der Waals surface area (Å²) in [5.41, 5.74) is 7.45. The molecule has 2 aromatic heterocycles. The molecule has 0 saturated heterocycles. The largest absolute Gasteiger partial charge is 0.453 e. The predicted octanol–water partition coefficient (Wildman–Crippen LogP) is 3.52. The van der Waals surface area contributed by atoms with Gasteiger partial charge in [-0.25, -0.2) is 5.43 Å². The minimum absolute atomic E-state index is 0.177. The molecule has 1 amide bonds. The molecule has 0 aliphatic carbocycles. The molecule has 2 N–H and O–H groups in total. The number of nitrogens with one attached hydrogen (secondary N) is 2. The highest BCUT2D eigenvalue weighted by molar-refractivity contribution is 5.93. The Balaban J connectivity index is 1.42. The summed E-state index contributed by atoms with van der Waals surface area (Å²) < 4.78 is 10.9. The molecular formula is C19H15N3O3. The highest BCUT2D eigenvalue weighted by atomic mass is 16.5. The molecule has 0 saturated carbocycles. The summed E-state index contributed by atoms with van der Waals surface area (Å²) >= 11 is 0. The number of hydrogen-bond donors (Lipinski definition) is 2. The maximum absolute atomic E-state index is 12.1. The minimum atomic E-state index is -0.373. The highest BCUT2D eigenvalue weighted by Gasteiger charge is 2.16. The van der Waals surface area contributed by atoms with E-state index in [9.17, 15) is 4.79 Å². The van der Waals surface area contributed by atoms with E-state index in [0.29, 0.717) is 18.1 Å². The van der Waals surface area contributed by atoms with E-state index in [4.69, 9.17) is 8.94 Å². The van der Waals surface area contributed by atoms with E-state index in [-0.39, 0.29) is 11.6 Å². The molecule has 25 heavy (non-hydrogen) atoms. The zero-order chi connectivity index (χ0) is 17.1. The third-order valence-corrected chi connectivity index (χ3v) is 3.75. The van der Waals surface area contributed by atoms with Crippen LogP contribution >= 0.6 is 0 Å². The van der Waals surface area contributed by atoms with Gasteiger partial charge in [-0.15, -0.1) is 0 Å². The number of hydrazine groups is 1. The number of nitrogens with zero attached hydrogens (tertiary/aromatic N) is 1. The molecular weight excluding hydrogens is 318 g/mol. The Bertz CT molecular complexity index is 972. The van der Waals surface area contributed by atoms with Gasteiger partial charge in [-0.05, 0) is 17.7 Å². The van der Waals surface area contributed by atoms with E-state index in [2.05, 4.69) is 16.0 Å². The number of para-hydroxylation sites is 1. The van der Waals surface area contributed by atoms with Crippen LogP contribution in [-0.4, -0.2) is 11.1 Å². The summed E-state index contributed by atoms with van der Waals surface area (Å²) in [6.45, 7) is 0.515. The highest BCUT2D eigenvalue weighted by Crippen LogP contribution is 2.28. The molecule has 0 radical (unpaired) electrons. The lowest BCUT2D eigenvalue weighted by atomic mass is 10.2. The lowest BCUT2D eigenvalue weighted by Crippen LogP contribution is -2.36. The van der Waals surface area contributed by atoms with Crippen LogP contribution in [0.5, 0.6) is 0 Å². The predicted molar refractivity (Wildman–Crippen MR) is 92.5 cm³/mol. The molecule has 6 nitrogen and oxygen atoms in total. The minimum Gasteiger partial charge on any atom is -0.453 e. The first kappa shape index (κ1) is 15.2. The fourth-order valence-corrected chi connectivity index (χ4v) is 2.49. The Morgan fingerprint density at radius 1 is 0.960 bits per heavy atom. The maximum Gasteiger partial charge on any atom is 0.287 e. The van der Waals surface area contributed by atoms with Crippen molar-refractivity contribution in [3.8, 4) is 11.5 Å². The Labute approximate surface area is 143 Å². The fraction of sp³-hybridized carbons (Fsp3) is 0.0526. The van der Waals surface area contributed by atoms with Crippen LogP contribution < -0.4 is 10.9 Å². The Morgan fingerprint density at radius 3 is 2.60 bits per heavy atom. The monoisotopic (exact) mass is 333 g/mol. The number of benzene rings is 2. The van der Waals surface area contributed by atoms with E-state index in [1.165, 1.54) is 0 Å². The van der Waals surface area contributed by atoms with E-state index < -0.39 is 0 Å². The van der Waals surface area contributed by atoms with Crippen LogP contribution in [0.25, 0.3) is 22.5 Å². The Morgan fingerprint density at radius 2 is 1.76 bits per heavy atom. The zero-order valence-electron chi connectivity index (χ0n) is 13.2. The van der Waals surface area contributed by atoms with Crippen molar-refractivity contribution in [1.82, 2.24) is 16.0 Å². The summed E-state index contributed by atoms with van der Waals surface area (Å²) in [5, 5.41) is 4.76. The average molecular weight is 333 g/mol. The molecule has 0 atom stereocenters. The molecule has 124 valence electrons. The van der Waals surface area contributed by atoms with Gasteiger partial charge in [-0.3, -0.25) is 10.2 Å². The number of hydrogen-bond acceptors (Lipinski definition) is 5. The van der Waals surface area contributed by atoms with Gasteiger partial charge in [0, 0.05) is 18.0 Å². The van der Waals surface area contributed by atoms with Crippen LogP contribution in [0, 0.1) is 0 Å². The SMILES string of the molecule is O=C(NNCc1ccccc1)c1cc(-c2cc3ccccc3o2)on1. The molecule has 4 rings (SSSR count). The van der Waals surface area contributed by atoms with Crippen molar-refractivity contribution in [2.75, 3.05) is 0 Å². The zero-order valence-corrected chi connectivity index (χ0v) is 13.2. The third-order valence-electron chi connectivity index (χ3n) is 3.75. The number of aromatic nitrogens is 1. The quantitative estimate of drug-likeness (QED) is 0.546. The first-order valence-corrected chi connectivity index (χ1v) is 7.82. The number of fused-ring (bicyclic) bond motifs is 1. The lowest BCUT2D eigenvalue weighted by Gasteiger charge is -2.04. The Hall–Kier alpha value is -3.38. The first-order valence-electron chi connectivity index (χ1n) is 7.82. The van der Waals surface area contributed by atoms with Crippen molar-refractivity contribution in [3.63, 3.8) is 0 Å². The molecule has 6 heteroatoms. The molecule has 0 unspecified atom stereocenters. The Kier molecular flexibility index (Phi) is 4.02.